The van der Waals surface area contributed by atoms with Gasteiger partial charge < -0.3 is 15.2 Å². The highest BCUT2D eigenvalue weighted by Gasteiger charge is 2.19. The average Bonchev–Trinajstić information content (AvgIpc) is 2.22. The smallest absolute Gasteiger partial charge is 0.166 e. The van der Waals surface area contributed by atoms with Crippen LogP contribution in [-0.4, -0.2) is 19.3 Å². The fraction of sp³-hybridized carbons (Fsp3) is 0.455. The largest absolute Gasteiger partial charge is 0.486 e. The van der Waals surface area contributed by atoms with E-state index in [1.807, 2.05) is 19.1 Å². The SMILES string of the molecule is CC(N)Cc1c(Cl)ccc2c1OCCO2. The van der Waals surface area contributed by atoms with Crippen molar-refractivity contribution in [2.45, 2.75) is 19.4 Å². The van der Waals surface area contributed by atoms with E-state index in [2.05, 4.69) is 0 Å². The number of fused-ring (bicyclic) bond motifs is 1. The van der Waals surface area contributed by atoms with E-state index in [1.54, 1.807) is 0 Å². The fourth-order valence-corrected chi connectivity index (χ4v) is 1.89. The molecule has 1 aliphatic heterocycles. The minimum Gasteiger partial charge on any atom is -0.486 e. The van der Waals surface area contributed by atoms with Gasteiger partial charge in [-0.25, -0.2) is 0 Å². The van der Waals surface area contributed by atoms with Gasteiger partial charge in [0.2, 0.25) is 0 Å². The minimum absolute atomic E-state index is 0.0551. The third-order valence-electron chi connectivity index (χ3n) is 2.28. The van der Waals surface area contributed by atoms with Crippen LogP contribution in [0.1, 0.15) is 12.5 Å². The number of hydrogen-bond acceptors (Lipinski definition) is 3. The normalized spacial score (nSPS) is 16.2. The van der Waals surface area contributed by atoms with E-state index in [-0.39, 0.29) is 6.04 Å². The van der Waals surface area contributed by atoms with Crippen molar-refractivity contribution in [3.63, 3.8) is 0 Å². The zero-order valence-electron chi connectivity index (χ0n) is 8.63. The molecule has 1 heterocycles. The van der Waals surface area contributed by atoms with E-state index >= 15 is 0 Å². The van der Waals surface area contributed by atoms with E-state index < -0.39 is 0 Å². The van der Waals surface area contributed by atoms with E-state index in [1.165, 1.54) is 0 Å². The Morgan fingerprint density at radius 2 is 2.13 bits per heavy atom. The highest BCUT2D eigenvalue weighted by Crippen LogP contribution is 2.38. The second-order valence-electron chi connectivity index (χ2n) is 3.73. The molecule has 1 aromatic carbocycles. The van der Waals surface area contributed by atoms with Gasteiger partial charge >= 0.3 is 0 Å². The Bertz CT molecular complexity index is 366. The van der Waals surface area contributed by atoms with Crippen molar-refractivity contribution in [1.29, 1.82) is 0 Å². The van der Waals surface area contributed by atoms with Crippen molar-refractivity contribution in [2.75, 3.05) is 13.2 Å². The molecule has 2 N–H and O–H groups in total. The van der Waals surface area contributed by atoms with Gasteiger partial charge in [0.15, 0.2) is 11.5 Å². The first kappa shape index (κ1) is 10.6. The summed E-state index contributed by atoms with van der Waals surface area (Å²) < 4.78 is 11.0. The third kappa shape index (κ3) is 2.19. The highest BCUT2D eigenvalue weighted by atomic mass is 35.5. The summed E-state index contributed by atoms with van der Waals surface area (Å²) in [6, 6.07) is 3.72. The van der Waals surface area contributed by atoms with Gasteiger partial charge in [-0.3, -0.25) is 0 Å². The van der Waals surface area contributed by atoms with Crippen LogP contribution in [0.15, 0.2) is 12.1 Å². The molecule has 0 saturated heterocycles. The van der Waals surface area contributed by atoms with E-state index in [4.69, 9.17) is 26.8 Å². The maximum atomic E-state index is 6.11. The van der Waals surface area contributed by atoms with Gasteiger partial charge in [0.05, 0.1) is 0 Å². The first-order chi connectivity index (χ1) is 7.18. The Labute approximate surface area is 94.1 Å². The highest BCUT2D eigenvalue weighted by molar-refractivity contribution is 6.31. The van der Waals surface area contributed by atoms with E-state index in [9.17, 15) is 0 Å². The molecule has 0 spiro atoms. The topological polar surface area (TPSA) is 44.5 Å². The minimum atomic E-state index is 0.0551. The summed E-state index contributed by atoms with van der Waals surface area (Å²) in [6.07, 6.45) is 0.700. The lowest BCUT2D eigenvalue weighted by atomic mass is 10.1. The first-order valence-corrected chi connectivity index (χ1v) is 5.39. The van der Waals surface area contributed by atoms with E-state index in [0.717, 1.165) is 17.1 Å². The van der Waals surface area contributed by atoms with Crippen molar-refractivity contribution >= 4 is 11.6 Å². The van der Waals surface area contributed by atoms with Crippen molar-refractivity contribution in [2.24, 2.45) is 5.73 Å². The summed E-state index contributed by atoms with van der Waals surface area (Å²) in [5, 5.41) is 0.691. The molecule has 0 amide bonds. The standard InChI is InChI=1S/C11H14ClNO2/c1-7(13)6-8-9(12)2-3-10-11(8)15-5-4-14-10/h2-3,7H,4-6,13H2,1H3. The molecule has 0 saturated carbocycles. The number of halogens is 1. The molecule has 1 aromatic rings. The lowest BCUT2D eigenvalue weighted by molar-refractivity contribution is 0.170. The molecule has 2 rings (SSSR count). The maximum Gasteiger partial charge on any atom is 0.166 e. The quantitative estimate of drug-likeness (QED) is 0.841. The van der Waals surface area contributed by atoms with Crippen LogP contribution in [0, 0.1) is 0 Å². The molecular formula is C11H14ClNO2. The van der Waals surface area contributed by atoms with Crippen LogP contribution >= 0.6 is 11.6 Å². The van der Waals surface area contributed by atoms with Gasteiger partial charge in [0.1, 0.15) is 13.2 Å². The van der Waals surface area contributed by atoms with Crippen LogP contribution in [0.3, 0.4) is 0 Å². The third-order valence-corrected chi connectivity index (χ3v) is 2.63. The molecule has 82 valence electrons. The molecule has 1 atom stereocenters. The van der Waals surface area contributed by atoms with Crippen LogP contribution in [0.5, 0.6) is 11.5 Å². The molecule has 0 bridgehead atoms. The summed E-state index contributed by atoms with van der Waals surface area (Å²) >= 11 is 6.11. The zero-order chi connectivity index (χ0) is 10.8. The number of ether oxygens (including phenoxy) is 2. The van der Waals surface area contributed by atoms with Gasteiger partial charge in [-0.2, -0.15) is 0 Å². The van der Waals surface area contributed by atoms with Crippen LogP contribution in [0.25, 0.3) is 0 Å². The summed E-state index contributed by atoms with van der Waals surface area (Å²) in [5.41, 5.74) is 6.72. The zero-order valence-corrected chi connectivity index (χ0v) is 9.38. The van der Waals surface area contributed by atoms with Gasteiger partial charge in [0, 0.05) is 16.6 Å². The van der Waals surface area contributed by atoms with Gasteiger partial charge in [-0.1, -0.05) is 11.6 Å². The summed E-state index contributed by atoms with van der Waals surface area (Å²) in [4.78, 5) is 0. The van der Waals surface area contributed by atoms with Crippen LogP contribution < -0.4 is 15.2 Å². The van der Waals surface area contributed by atoms with E-state index in [0.29, 0.717) is 24.7 Å². The molecule has 4 heteroatoms. The summed E-state index contributed by atoms with van der Waals surface area (Å²) in [7, 11) is 0. The lowest BCUT2D eigenvalue weighted by Gasteiger charge is -2.22. The van der Waals surface area contributed by atoms with Crippen molar-refractivity contribution in [3.05, 3.63) is 22.7 Å². The Balaban J connectivity index is 2.41. The number of benzene rings is 1. The average molecular weight is 228 g/mol. The Hall–Kier alpha value is -0.930. The van der Waals surface area contributed by atoms with Crippen molar-refractivity contribution in [1.82, 2.24) is 0 Å². The number of nitrogens with two attached hydrogens (primary N) is 1. The molecule has 0 aliphatic carbocycles. The maximum absolute atomic E-state index is 6.11. The lowest BCUT2D eigenvalue weighted by Crippen LogP contribution is -2.21. The van der Waals surface area contributed by atoms with Crippen LogP contribution in [0.4, 0.5) is 0 Å². The van der Waals surface area contributed by atoms with Crippen LogP contribution in [-0.2, 0) is 6.42 Å². The summed E-state index contributed by atoms with van der Waals surface area (Å²) in [5.74, 6) is 1.52. The number of rotatable bonds is 2. The Kier molecular flexibility index (Phi) is 3.03. The fourth-order valence-electron chi connectivity index (χ4n) is 1.66. The predicted octanol–water partition coefficient (Wildman–Crippen LogP) is 2.00. The second kappa shape index (κ2) is 4.29. The number of hydrogen-bond donors (Lipinski definition) is 1. The van der Waals surface area contributed by atoms with Gasteiger partial charge in [0.25, 0.3) is 0 Å². The second-order valence-corrected chi connectivity index (χ2v) is 4.14. The molecule has 0 fully saturated rings. The van der Waals surface area contributed by atoms with Gasteiger partial charge in [-0.05, 0) is 25.5 Å². The molecule has 1 aliphatic rings. The molecule has 1 unspecified atom stereocenters. The van der Waals surface area contributed by atoms with Crippen LogP contribution in [0.2, 0.25) is 5.02 Å². The molecule has 0 aromatic heterocycles. The predicted molar refractivity (Wildman–Crippen MR) is 59.8 cm³/mol. The van der Waals surface area contributed by atoms with Crippen molar-refractivity contribution < 1.29 is 9.47 Å². The molecule has 0 radical (unpaired) electrons. The summed E-state index contributed by atoms with van der Waals surface area (Å²) in [6.45, 7) is 3.10. The molecular weight excluding hydrogens is 214 g/mol. The first-order valence-electron chi connectivity index (χ1n) is 5.01. The Morgan fingerprint density at radius 1 is 1.40 bits per heavy atom. The molecule has 3 nitrogen and oxygen atoms in total. The molecule has 15 heavy (non-hydrogen) atoms. The monoisotopic (exact) mass is 227 g/mol. The Morgan fingerprint density at radius 3 is 2.87 bits per heavy atom. The van der Waals surface area contributed by atoms with Crippen molar-refractivity contribution in [3.8, 4) is 11.5 Å². The van der Waals surface area contributed by atoms with Gasteiger partial charge in [-0.15, -0.1) is 0 Å².